The minimum atomic E-state index is 0. The summed E-state index contributed by atoms with van der Waals surface area (Å²) in [4.78, 5) is 14.8. The average Bonchev–Trinajstić information content (AvgIpc) is 3.11. The molecule has 0 radical (unpaired) electrons. The number of benzene rings is 2. The number of carbonyl (C=O) groups is 1. The lowest BCUT2D eigenvalue weighted by molar-refractivity contribution is 0.0786. The number of halogens is 2. The van der Waals surface area contributed by atoms with Crippen molar-refractivity contribution in [2.75, 3.05) is 26.2 Å². The Bertz CT molecular complexity index is 765. The van der Waals surface area contributed by atoms with Gasteiger partial charge < -0.3 is 15.4 Å². The van der Waals surface area contributed by atoms with E-state index in [0.717, 1.165) is 42.3 Å². The maximum absolute atomic E-state index is 12.9. The van der Waals surface area contributed by atoms with Gasteiger partial charge in [-0.1, -0.05) is 29.8 Å². The number of carbonyl (C=O) groups excluding carboxylic acids is 1. The first kappa shape index (κ1) is 21.5. The molecular formula is C21H26Cl2N2O2. The van der Waals surface area contributed by atoms with E-state index in [1.807, 2.05) is 42.2 Å². The number of rotatable bonds is 6. The molecule has 1 amide bonds. The minimum absolute atomic E-state index is 0. The molecule has 1 aliphatic rings. The zero-order valence-corrected chi connectivity index (χ0v) is 17.1. The number of nitrogens with zero attached hydrogens (tertiary/aromatic N) is 1. The maximum atomic E-state index is 12.9. The summed E-state index contributed by atoms with van der Waals surface area (Å²) in [5.74, 6) is 1.29. The van der Waals surface area contributed by atoms with Crippen molar-refractivity contribution in [1.82, 2.24) is 4.90 Å². The van der Waals surface area contributed by atoms with E-state index in [0.29, 0.717) is 24.6 Å². The van der Waals surface area contributed by atoms with Gasteiger partial charge in [0.1, 0.15) is 12.4 Å². The third kappa shape index (κ3) is 5.61. The lowest BCUT2D eigenvalue weighted by atomic mass is 9.99. The van der Waals surface area contributed by atoms with E-state index in [9.17, 15) is 4.79 Å². The SMILES string of the molecule is Cc1ccc(C(=O)N2CCC(Cc3ccc(Cl)cc3)C2)cc1OCCN.Cl. The molecule has 27 heavy (non-hydrogen) atoms. The lowest BCUT2D eigenvalue weighted by Gasteiger charge is -2.18. The number of hydrogen-bond acceptors (Lipinski definition) is 3. The normalized spacial score (nSPS) is 16.1. The Balaban J connectivity index is 0.00000261. The van der Waals surface area contributed by atoms with Crippen LogP contribution in [0.15, 0.2) is 42.5 Å². The zero-order valence-electron chi connectivity index (χ0n) is 15.5. The smallest absolute Gasteiger partial charge is 0.253 e. The van der Waals surface area contributed by atoms with Crippen LogP contribution < -0.4 is 10.5 Å². The van der Waals surface area contributed by atoms with Gasteiger partial charge in [-0.05, 0) is 61.1 Å². The molecular weight excluding hydrogens is 383 g/mol. The van der Waals surface area contributed by atoms with Crippen LogP contribution in [-0.4, -0.2) is 37.0 Å². The predicted molar refractivity (Wildman–Crippen MR) is 112 cm³/mol. The van der Waals surface area contributed by atoms with Gasteiger partial charge >= 0.3 is 0 Å². The molecule has 1 aliphatic heterocycles. The fourth-order valence-corrected chi connectivity index (χ4v) is 3.50. The summed E-state index contributed by atoms with van der Waals surface area (Å²) in [5, 5.41) is 0.754. The van der Waals surface area contributed by atoms with Gasteiger partial charge in [-0.2, -0.15) is 0 Å². The monoisotopic (exact) mass is 408 g/mol. The molecule has 146 valence electrons. The molecule has 2 N–H and O–H groups in total. The standard InChI is InChI=1S/C21H25ClN2O2.ClH/c1-15-2-5-18(13-20(15)26-11-9-23)21(25)24-10-8-17(14-24)12-16-3-6-19(22)7-4-16;/h2-7,13,17H,8-12,14,23H2,1H3;1H. The summed E-state index contributed by atoms with van der Waals surface area (Å²) in [6, 6.07) is 13.6. The minimum Gasteiger partial charge on any atom is -0.492 e. The molecule has 1 atom stereocenters. The number of aryl methyl sites for hydroxylation is 1. The van der Waals surface area contributed by atoms with Gasteiger partial charge in [0.05, 0.1) is 0 Å². The van der Waals surface area contributed by atoms with Gasteiger partial charge in [0.15, 0.2) is 0 Å². The second-order valence-electron chi connectivity index (χ2n) is 6.85. The number of hydrogen-bond donors (Lipinski definition) is 1. The highest BCUT2D eigenvalue weighted by Gasteiger charge is 2.27. The number of amides is 1. The van der Waals surface area contributed by atoms with E-state index in [1.165, 1.54) is 5.56 Å². The van der Waals surface area contributed by atoms with Crippen LogP contribution in [0.5, 0.6) is 5.75 Å². The second kappa shape index (κ2) is 9.98. The van der Waals surface area contributed by atoms with Crippen LogP contribution in [0, 0.1) is 12.8 Å². The highest BCUT2D eigenvalue weighted by molar-refractivity contribution is 6.30. The maximum Gasteiger partial charge on any atom is 0.253 e. The highest BCUT2D eigenvalue weighted by atomic mass is 35.5. The fourth-order valence-electron chi connectivity index (χ4n) is 3.38. The summed E-state index contributed by atoms with van der Waals surface area (Å²) in [6.07, 6.45) is 2.00. The third-order valence-electron chi connectivity index (χ3n) is 4.82. The first-order valence-electron chi connectivity index (χ1n) is 9.04. The van der Waals surface area contributed by atoms with Crippen LogP contribution in [0.2, 0.25) is 5.02 Å². The molecule has 2 aromatic rings. The number of nitrogens with two attached hydrogens (primary N) is 1. The van der Waals surface area contributed by atoms with Crippen molar-refractivity contribution in [3.05, 3.63) is 64.2 Å². The lowest BCUT2D eigenvalue weighted by Crippen LogP contribution is -2.29. The van der Waals surface area contributed by atoms with E-state index in [4.69, 9.17) is 22.1 Å². The first-order chi connectivity index (χ1) is 12.6. The molecule has 1 heterocycles. The van der Waals surface area contributed by atoms with Crippen LogP contribution in [0.25, 0.3) is 0 Å². The van der Waals surface area contributed by atoms with Crippen molar-refractivity contribution in [1.29, 1.82) is 0 Å². The molecule has 0 aromatic heterocycles. The quantitative estimate of drug-likeness (QED) is 0.781. The summed E-state index contributed by atoms with van der Waals surface area (Å²) in [7, 11) is 0. The Morgan fingerprint density at radius 2 is 2.00 bits per heavy atom. The van der Waals surface area contributed by atoms with Crippen molar-refractivity contribution >= 4 is 29.9 Å². The number of likely N-dealkylation sites (tertiary alicyclic amines) is 1. The summed E-state index contributed by atoms with van der Waals surface area (Å²) in [6.45, 7) is 4.46. The molecule has 4 nitrogen and oxygen atoms in total. The molecule has 3 rings (SSSR count). The predicted octanol–water partition coefficient (Wildman–Crippen LogP) is 4.11. The third-order valence-corrected chi connectivity index (χ3v) is 5.07. The van der Waals surface area contributed by atoms with Gasteiger partial charge in [0.2, 0.25) is 0 Å². The molecule has 0 bridgehead atoms. The van der Waals surface area contributed by atoms with Gasteiger partial charge in [0.25, 0.3) is 5.91 Å². The summed E-state index contributed by atoms with van der Waals surface area (Å²) >= 11 is 5.95. The van der Waals surface area contributed by atoms with Gasteiger partial charge in [-0.25, -0.2) is 0 Å². The Kier molecular flexibility index (Phi) is 7.96. The molecule has 1 fully saturated rings. The first-order valence-corrected chi connectivity index (χ1v) is 9.42. The van der Waals surface area contributed by atoms with E-state index in [-0.39, 0.29) is 18.3 Å². The highest BCUT2D eigenvalue weighted by Crippen LogP contribution is 2.25. The van der Waals surface area contributed by atoms with Gasteiger partial charge in [-0.3, -0.25) is 4.79 Å². The number of ether oxygens (including phenoxy) is 1. The Hall–Kier alpha value is -1.75. The summed E-state index contributed by atoms with van der Waals surface area (Å²) in [5.41, 5.74) is 8.46. The molecule has 1 unspecified atom stereocenters. The Morgan fingerprint density at radius 3 is 2.70 bits per heavy atom. The molecule has 0 aliphatic carbocycles. The molecule has 2 aromatic carbocycles. The summed E-state index contributed by atoms with van der Waals surface area (Å²) < 4.78 is 5.64. The topological polar surface area (TPSA) is 55.6 Å². The van der Waals surface area contributed by atoms with Crippen LogP contribution in [0.3, 0.4) is 0 Å². The molecule has 6 heteroatoms. The van der Waals surface area contributed by atoms with E-state index >= 15 is 0 Å². The molecule has 0 saturated carbocycles. The van der Waals surface area contributed by atoms with Crippen molar-refractivity contribution in [2.45, 2.75) is 19.8 Å². The van der Waals surface area contributed by atoms with Crippen LogP contribution in [0.1, 0.15) is 27.9 Å². The van der Waals surface area contributed by atoms with Crippen molar-refractivity contribution in [3.8, 4) is 5.75 Å². The second-order valence-corrected chi connectivity index (χ2v) is 7.29. The van der Waals surface area contributed by atoms with Gasteiger partial charge in [-0.15, -0.1) is 12.4 Å². The average molecular weight is 409 g/mol. The van der Waals surface area contributed by atoms with E-state index in [1.54, 1.807) is 0 Å². The van der Waals surface area contributed by atoms with E-state index in [2.05, 4.69) is 12.1 Å². The van der Waals surface area contributed by atoms with Crippen molar-refractivity contribution in [2.24, 2.45) is 11.7 Å². The van der Waals surface area contributed by atoms with Crippen LogP contribution >= 0.6 is 24.0 Å². The fraction of sp³-hybridized carbons (Fsp3) is 0.381. The largest absolute Gasteiger partial charge is 0.492 e. The van der Waals surface area contributed by atoms with Gasteiger partial charge in [0, 0.05) is 30.2 Å². The van der Waals surface area contributed by atoms with Crippen LogP contribution in [-0.2, 0) is 6.42 Å². The van der Waals surface area contributed by atoms with E-state index < -0.39 is 0 Å². The van der Waals surface area contributed by atoms with Crippen molar-refractivity contribution in [3.63, 3.8) is 0 Å². The zero-order chi connectivity index (χ0) is 18.5. The Labute approximate surface area is 172 Å². The van der Waals surface area contributed by atoms with Crippen molar-refractivity contribution < 1.29 is 9.53 Å². The Morgan fingerprint density at radius 1 is 1.26 bits per heavy atom. The van der Waals surface area contributed by atoms with Crippen LogP contribution in [0.4, 0.5) is 0 Å². The molecule has 0 spiro atoms. The molecule has 1 saturated heterocycles.